The summed E-state index contributed by atoms with van der Waals surface area (Å²) in [5.41, 5.74) is 1.62. The lowest BCUT2D eigenvalue weighted by atomic mass is 10.1. The Morgan fingerprint density at radius 2 is 2.25 bits per heavy atom. The van der Waals surface area contributed by atoms with Crippen molar-refractivity contribution < 1.29 is 0 Å². The highest BCUT2D eigenvalue weighted by atomic mass is 32.1. The zero-order valence-corrected chi connectivity index (χ0v) is 7.10. The molecule has 1 aromatic heterocycles. The molecule has 0 amide bonds. The highest BCUT2D eigenvalue weighted by Gasteiger charge is 2.03. The Bertz CT molecular complexity index is 465. The molecule has 0 aliphatic carbocycles. The van der Waals surface area contributed by atoms with Gasteiger partial charge >= 0.3 is 0 Å². The van der Waals surface area contributed by atoms with Crippen LogP contribution in [0.5, 0.6) is 0 Å². The third-order valence-corrected chi connectivity index (χ3v) is 2.16. The van der Waals surface area contributed by atoms with Crippen LogP contribution in [-0.2, 0) is 0 Å². The minimum Gasteiger partial charge on any atom is -0.360 e. The van der Waals surface area contributed by atoms with Gasteiger partial charge in [0.1, 0.15) is 0 Å². The van der Waals surface area contributed by atoms with E-state index in [0.717, 1.165) is 15.8 Å². The van der Waals surface area contributed by atoms with Gasteiger partial charge < -0.3 is 4.98 Å². The van der Waals surface area contributed by atoms with Crippen LogP contribution in [0.2, 0.25) is 0 Å². The van der Waals surface area contributed by atoms with Crippen LogP contribution in [0.15, 0.2) is 29.3 Å². The second kappa shape index (κ2) is 2.58. The largest absolute Gasteiger partial charge is 0.360 e. The Morgan fingerprint density at radius 3 is 3.00 bits per heavy atom. The van der Waals surface area contributed by atoms with Crippen LogP contribution in [0.3, 0.4) is 0 Å². The number of benzene rings is 1. The molecular formula is C9H6N2S. The SMILES string of the molecule is N#Cc1cccc2[nH]cc(S)c12. The average Bonchev–Trinajstić information content (AvgIpc) is 2.48. The van der Waals surface area contributed by atoms with Crippen molar-refractivity contribution in [3.63, 3.8) is 0 Å². The molecule has 3 heteroatoms. The van der Waals surface area contributed by atoms with E-state index in [2.05, 4.69) is 23.7 Å². The van der Waals surface area contributed by atoms with Crippen molar-refractivity contribution >= 4 is 23.5 Å². The van der Waals surface area contributed by atoms with Gasteiger partial charge in [-0.25, -0.2) is 0 Å². The van der Waals surface area contributed by atoms with Crippen LogP contribution in [0.25, 0.3) is 10.9 Å². The molecule has 12 heavy (non-hydrogen) atoms. The molecule has 2 aromatic rings. The first-order valence-electron chi connectivity index (χ1n) is 3.52. The van der Waals surface area contributed by atoms with E-state index in [1.54, 1.807) is 12.3 Å². The summed E-state index contributed by atoms with van der Waals surface area (Å²) in [5, 5.41) is 9.69. The fourth-order valence-corrected chi connectivity index (χ4v) is 1.57. The van der Waals surface area contributed by atoms with Crippen LogP contribution in [-0.4, -0.2) is 4.98 Å². The van der Waals surface area contributed by atoms with Crippen LogP contribution in [0.4, 0.5) is 0 Å². The average molecular weight is 174 g/mol. The summed E-state index contributed by atoms with van der Waals surface area (Å²) in [6.07, 6.45) is 1.79. The normalized spacial score (nSPS) is 10.0. The van der Waals surface area contributed by atoms with Gasteiger partial charge in [0.05, 0.1) is 11.6 Å². The topological polar surface area (TPSA) is 39.6 Å². The summed E-state index contributed by atoms with van der Waals surface area (Å²) in [5.74, 6) is 0. The highest BCUT2D eigenvalue weighted by Crippen LogP contribution is 2.24. The first-order valence-corrected chi connectivity index (χ1v) is 3.97. The van der Waals surface area contributed by atoms with E-state index >= 15 is 0 Å². The molecule has 0 unspecified atom stereocenters. The standard InChI is InChI=1S/C9H6N2S/c10-4-6-2-1-3-7-9(6)8(12)5-11-7/h1-3,5,11-12H. The van der Waals surface area contributed by atoms with Crippen LogP contribution in [0.1, 0.15) is 5.56 Å². The molecule has 0 bridgehead atoms. The summed E-state index contributed by atoms with van der Waals surface area (Å²) in [4.78, 5) is 3.86. The van der Waals surface area contributed by atoms with Gasteiger partial charge in [-0.05, 0) is 12.1 Å². The van der Waals surface area contributed by atoms with E-state index in [4.69, 9.17) is 5.26 Å². The van der Waals surface area contributed by atoms with Crippen molar-refractivity contribution in [3.05, 3.63) is 30.0 Å². The molecule has 2 rings (SSSR count). The first-order chi connectivity index (χ1) is 5.83. The summed E-state index contributed by atoms with van der Waals surface area (Å²) < 4.78 is 0. The highest BCUT2D eigenvalue weighted by molar-refractivity contribution is 7.80. The lowest BCUT2D eigenvalue weighted by Gasteiger charge is -1.92. The Morgan fingerprint density at radius 1 is 1.42 bits per heavy atom. The fourth-order valence-electron chi connectivity index (χ4n) is 1.26. The first kappa shape index (κ1) is 7.26. The number of rotatable bonds is 0. The molecule has 1 heterocycles. The minimum absolute atomic E-state index is 0.666. The van der Waals surface area contributed by atoms with Gasteiger partial charge in [0.2, 0.25) is 0 Å². The van der Waals surface area contributed by atoms with Gasteiger partial charge in [0.25, 0.3) is 0 Å². The molecule has 1 aromatic carbocycles. The van der Waals surface area contributed by atoms with E-state index in [0.29, 0.717) is 5.56 Å². The molecule has 0 fully saturated rings. The molecular weight excluding hydrogens is 168 g/mol. The number of aromatic amines is 1. The number of nitrogens with one attached hydrogen (secondary N) is 1. The lowest BCUT2D eigenvalue weighted by molar-refractivity contribution is 1.42. The van der Waals surface area contributed by atoms with Crippen molar-refractivity contribution in [2.45, 2.75) is 4.90 Å². The lowest BCUT2D eigenvalue weighted by Crippen LogP contribution is -1.75. The predicted molar refractivity (Wildman–Crippen MR) is 50.3 cm³/mol. The molecule has 0 atom stereocenters. The third-order valence-electron chi connectivity index (χ3n) is 1.81. The van der Waals surface area contributed by atoms with Gasteiger partial charge in [-0.1, -0.05) is 6.07 Å². The minimum atomic E-state index is 0.666. The van der Waals surface area contributed by atoms with Gasteiger partial charge in [-0.15, -0.1) is 12.6 Å². The molecule has 58 valence electrons. The van der Waals surface area contributed by atoms with Gasteiger partial charge in [0.15, 0.2) is 0 Å². The quantitative estimate of drug-likeness (QED) is 0.591. The monoisotopic (exact) mass is 174 g/mol. The Labute approximate surface area is 75.2 Å². The van der Waals surface area contributed by atoms with Gasteiger partial charge in [-0.3, -0.25) is 0 Å². The number of hydrogen-bond acceptors (Lipinski definition) is 2. The van der Waals surface area contributed by atoms with Crippen LogP contribution >= 0.6 is 12.6 Å². The summed E-state index contributed by atoms with van der Waals surface area (Å²) in [7, 11) is 0. The van der Waals surface area contributed by atoms with Crippen molar-refractivity contribution in [2.75, 3.05) is 0 Å². The molecule has 0 spiro atoms. The smallest absolute Gasteiger partial charge is 0.0999 e. The summed E-state index contributed by atoms with van der Waals surface area (Å²) >= 11 is 4.24. The zero-order chi connectivity index (χ0) is 8.55. The molecule has 0 aliphatic rings. The van der Waals surface area contributed by atoms with Crippen LogP contribution in [0, 0.1) is 11.3 Å². The van der Waals surface area contributed by atoms with E-state index in [9.17, 15) is 0 Å². The van der Waals surface area contributed by atoms with E-state index < -0.39 is 0 Å². The maximum absolute atomic E-state index is 8.78. The Kier molecular flexibility index (Phi) is 1.56. The number of fused-ring (bicyclic) bond motifs is 1. The molecule has 0 saturated carbocycles. The number of nitriles is 1. The number of H-pyrrole nitrogens is 1. The third kappa shape index (κ3) is 0.892. The van der Waals surface area contributed by atoms with Crippen molar-refractivity contribution in [2.24, 2.45) is 0 Å². The molecule has 0 saturated heterocycles. The maximum atomic E-state index is 8.78. The van der Waals surface area contributed by atoms with Crippen LogP contribution < -0.4 is 0 Å². The van der Waals surface area contributed by atoms with Crippen molar-refractivity contribution in [3.8, 4) is 6.07 Å². The number of aromatic nitrogens is 1. The van der Waals surface area contributed by atoms with E-state index in [-0.39, 0.29) is 0 Å². The second-order valence-electron chi connectivity index (χ2n) is 2.51. The Hall–Kier alpha value is -1.40. The van der Waals surface area contributed by atoms with Crippen molar-refractivity contribution in [1.82, 2.24) is 4.98 Å². The number of nitrogens with zero attached hydrogens (tertiary/aromatic N) is 1. The number of thiol groups is 1. The van der Waals surface area contributed by atoms with Crippen molar-refractivity contribution in [1.29, 1.82) is 5.26 Å². The van der Waals surface area contributed by atoms with E-state index in [1.165, 1.54) is 0 Å². The summed E-state index contributed by atoms with van der Waals surface area (Å²) in [6, 6.07) is 7.69. The van der Waals surface area contributed by atoms with Gasteiger partial charge in [-0.2, -0.15) is 5.26 Å². The zero-order valence-electron chi connectivity index (χ0n) is 6.20. The molecule has 0 aliphatic heterocycles. The predicted octanol–water partition coefficient (Wildman–Crippen LogP) is 2.33. The molecule has 0 radical (unpaired) electrons. The second-order valence-corrected chi connectivity index (χ2v) is 3.00. The Balaban J connectivity index is 2.96. The molecule has 2 nitrogen and oxygen atoms in total. The van der Waals surface area contributed by atoms with E-state index in [1.807, 2.05) is 12.1 Å². The van der Waals surface area contributed by atoms with Gasteiger partial charge in [0, 0.05) is 22.0 Å². The number of hydrogen-bond donors (Lipinski definition) is 2. The maximum Gasteiger partial charge on any atom is 0.0999 e. The summed E-state index contributed by atoms with van der Waals surface area (Å²) in [6.45, 7) is 0. The molecule has 1 N–H and O–H groups in total. The fraction of sp³-hybridized carbons (Fsp3) is 0.